The monoisotopic (exact) mass is 271 g/mol. The normalized spacial score (nSPS) is 17.8. The van der Waals surface area contributed by atoms with E-state index in [2.05, 4.69) is 5.32 Å². The lowest BCUT2D eigenvalue weighted by molar-refractivity contribution is 0.0837. The van der Waals surface area contributed by atoms with Gasteiger partial charge in [0.1, 0.15) is 5.75 Å². The summed E-state index contributed by atoms with van der Waals surface area (Å²) in [4.78, 5) is 24.4. The van der Waals surface area contributed by atoms with Crippen molar-refractivity contribution in [3.63, 3.8) is 0 Å². The first-order valence-corrected chi connectivity index (χ1v) is 6.36. The summed E-state index contributed by atoms with van der Waals surface area (Å²) in [5.74, 6) is 0.217. The van der Waals surface area contributed by atoms with Gasteiger partial charge < -0.3 is 14.5 Å². The zero-order valence-corrected chi connectivity index (χ0v) is 10.7. The molecule has 0 aliphatic carbocycles. The zero-order chi connectivity index (χ0) is 13.9. The molecule has 1 aromatic heterocycles. The SMILES string of the molecule is O=C(NC1CCOc2ccccc2C1=O)c1ccco1. The highest BCUT2D eigenvalue weighted by Crippen LogP contribution is 2.23. The molecule has 1 atom stereocenters. The molecule has 0 spiro atoms. The third kappa shape index (κ3) is 2.30. The van der Waals surface area contributed by atoms with Crippen LogP contribution in [0.3, 0.4) is 0 Å². The lowest BCUT2D eigenvalue weighted by Gasteiger charge is -2.13. The van der Waals surface area contributed by atoms with Crippen LogP contribution in [0.4, 0.5) is 0 Å². The first-order valence-electron chi connectivity index (χ1n) is 6.36. The summed E-state index contributed by atoms with van der Waals surface area (Å²) in [5.41, 5.74) is 0.495. The van der Waals surface area contributed by atoms with Gasteiger partial charge >= 0.3 is 0 Å². The lowest BCUT2D eigenvalue weighted by Crippen LogP contribution is -2.40. The third-order valence-corrected chi connectivity index (χ3v) is 3.18. The summed E-state index contributed by atoms with van der Waals surface area (Å²) >= 11 is 0. The number of para-hydroxylation sites is 1. The molecule has 2 heterocycles. The van der Waals surface area contributed by atoms with Crippen molar-refractivity contribution in [2.45, 2.75) is 12.5 Å². The predicted molar refractivity (Wildman–Crippen MR) is 70.8 cm³/mol. The van der Waals surface area contributed by atoms with E-state index in [1.807, 2.05) is 6.07 Å². The van der Waals surface area contributed by atoms with Crippen LogP contribution in [0, 0.1) is 0 Å². The van der Waals surface area contributed by atoms with Crippen molar-refractivity contribution < 1.29 is 18.7 Å². The number of furan rings is 1. The second-order valence-electron chi connectivity index (χ2n) is 4.50. The number of carbonyl (C=O) groups is 2. The summed E-state index contributed by atoms with van der Waals surface area (Å²) in [6.07, 6.45) is 1.85. The van der Waals surface area contributed by atoms with E-state index in [-0.39, 0.29) is 11.5 Å². The van der Waals surface area contributed by atoms with E-state index in [4.69, 9.17) is 9.15 Å². The highest BCUT2D eigenvalue weighted by Gasteiger charge is 2.28. The number of hydrogen-bond donors (Lipinski definition) is 1. The number of Topliss-reactive ketones (excluding diaryl/α,β-unsaturated/α-hetero) is 1. The van der Waals surface area contributed by atoms with Crippen LogP contribution in [0.1, 0.15) is 27.3 Å². The topological polar surface area (TPSA) is 68.5 Å². The number of ether oxygens (including phenoxy) is 1. The Hall–Kier alpha value is -2.56. The van der Waals surface area contributed by atoms with Crippen LogP contribution in [-0.4, -0.2) is 24.3 Å². The van der Waals surface area contributed by atoms with Crippen molar-refractivity contribution >= 4 is 11.7 Å². The van der Waals surface area contributed by atoms with Gasteiger partial charge in [-0.25, -0.2) is 0 Å². The van der Waals surface area contributed by atoms with E-state index in [1.165, 1.54) is 6.26 Å². The molecule has 102 valence electrons. The summed E-state index contributed by atoms with van der Waals surface area (Å²) in [7, 11) is 0. The third-order valence-electron chi connectivity index (χ3n) is 3.18. The van der Waals surface area contributed by atoms with Crippen LogP contribution < -0.4 is 10.1 Å². The van der Waals surface area contributed by atoms with Gasteiger partial charge in [-0.3, -0.25) is 9.59 Å². The molecule has 1 N–H and O–H groups in total. The standard InChI is InChI=1S/C15H13NO4/c17-14-10-4-1-2-5-12(10)20-9-7-11(14)16-15(18)13-6-3-8-19-13/h1-6,8,11H,7,9H2,(H,16,18). The maximum atomic E-state index is 12.4. The Balaban J connectivity index is 1.81. The van der Waals surface area contributed by atoms with Gasteiger partial charge in [-0.05, 0) is 24.3 Å². The summed E-state index contributed by atoms with van der Waals surface area (Å²) in [6, 6.07) is 9.63. The number of fused-ring (bicyclic) bond motifs is 1. The molecular weight excluding hydrogens is 258 g/mol. The van der Waals surface area contributed by atoms with Crippen LogP contribution in [0.25, 0.3) is 0 Å². The number of rotatable bonds is 2. The van der Waals surface area contributed by atoms with Crippen LogP contribution in [0.15, 0.2) is 47.1 Å². The van der Waals surface area contributed by atoms with Gasteiger partial charge in [0.15, 0.2) is 11.5 Å². The van der Waals surface area contributed by atoms with E-state index in [0.717, 1.165) is 0 Å². The van der Waals surface area contributed by atoms with Crippen LogP contribution >= 0.6 is 0 Å². The maximum Gasteiger partial charge on any atom is 0.287 e. The van der Waals surface area contributed by atoms with Crippen molar-refractivity contribution in [1.82, 2.24) is 5.32 Å². The number of carbonyl (C=O) groups excluding carboxylic acids is 2. The van der Waals surface area contributed by atoms with E-state index < -0.39 is 11.9 Å². The Bertz CT molecular complexity index is 633. The molecule has 0 radical (unpaired) electrons. The second-order valence-corrected chi connectivity index (χ2v) is 4.50. The Morgan fingerprint density at radius 3 is 2.85 bits per heavy atom. The molecule has 1 unspecified atom stereocenters. The quantitative estimate of drug-likeness (QED) is 0.907. The van der Waals surface area contributed by atoms with E-state index in [0.29, 0.717) is 24.3 Å². The molecule has 1 aliphatic heterocycles. The van der Waals surface area contributed by atoms with Gasteiger partial charge in [0.05, 0.1) is 24.5 Å². The minimum Gasteiger partial charge on any atom is -0.493 e. The number of ketones is 1. The summed E-state index contributed by atoms with van der Waals surface area (Å²) in [5, 5.41) is 2.69. The molecule has 5 nitrogen and oxygen atoms in total. The van der Waals surface area contributed by atoms with Gasteiger partial charge in [0.2, 0.25) is 0 Å². The van der Waals surface area contributed by atoms with Gasteiger partial charge in [-0.15, -0.1) is 0 Å². The minimum absolute atomic E-state index is 0.141. The summed E-state index contributed by atoms with van der Waals surface area (Å²) in [6.45, 7) is 0.381. The minimum atomic E-state index is -0.601. The fourth-order valence-electron chi connectivity index (χ4n) is 2.18. The second kappa shape index (κ2) is 5.21. The smallest absolute Gasteiger partial charge is 0.287 e. The molecule has 2 aromatic rings. The average molecular weight is 271 g/mol. The average Bonchev–Trinajstić information content (AvgIpc) is 2.95. The van der Waals surface area contributed by atoms with Crippen molar-refractivity contribution in [3.05, 3.63) is 54.0 Å². The molecule has 5 heteroatoms. The predicted octanol–water partition coefficient (Wildman–Crippen LogP) is 2.04. The first kappa shape index (κ1) is 12.5. The van der Waals surface area contributed by atoms with Crippen molar-refractivity contribution in [2.24, 2.45) is 0 Å². The van der Waals surface area contributed by atoms with Gasteiger partial charge in [-0.2, -0.15) is 0 Å². The van der Waals surface area contributed by atoms with Gasteiger partial charge in [0, 0.05) is 6.42 Å². The molecule has 20 heavy (non-hydrogen) atoms. The molecular formula is C15H13NO4. The molecule has 1 amide bonds. The van der Waals surface area contributed by atoms with Crippen LogP contribution in [-0.2, 0) is 0 Å². The Kier molecular flexibility index (Phi) is 3.25. The highest BCUT2D eigenvalue weighted by atomic mass is 16.5. The lowest BCUT2D eigenvalue weighted by atomic mass is 10.0. The van der Waals surface area contributed by atoms with E-state index in [1.54, 1.807) is 30.3 Å². The summed E-state index contributed by atoms with van der Waals surface area (Å²) < 4.78 is 10.5. The molecule has 0 fully saturated rings. The van der Waals surface area contributed by atoms with E-state index >= 15 is 0 Å². The largest absolute Gasteiger partial charge is 0.493 e. The fourth-order valence-corrected chi connectivity index (χ4v) is 2.18. The van der Waals surface area contributed by atoms with Crippen molar-refractivity contribution in [2.75, 3.05) is 6.61 Å². The number of hydrogen-bond acceptors (Lipinski definition) is 4. The Labute approximate surface area is 115 Å². The number of nitrogens with one attached hydrogen (secondary N) is 1. The molecule has 1 aliphatic rings. The molecule has 3 rings (SSSR count). The molecule has 0 saturated heterocycles. The van der Waals surface area contributed by atoms with E-state index in [9.17, 15) is 9.59 Å². The maximum absolute atomic E-state index is 12.4. The highest BCUT2D eigenvalue weighted by molar-refractivity contribution is 6.05. The number of benzene rings is 1. The number of amides is 1. The van der Waals surface area contributed by atoms with Gasteiger partial charge in [0.25, 0.3) is 5.91 Å². The molecule has 0 saturated carbocycles. The molecule has 0 bridgehead atoms. The Morgan fingerprint density at radius 1 is 1.20 bits per heavy atom. The molecule has 1 aromatic carbocycles. The van der Waals surface area contributed by atoms with Crippen molar-refractivity contribution in [1.29, 1.82) is 0 Å². The van der Waals surface area contributed by atoms with Crippen molar-refractivity contribution in [3.8, 4) is 5.75 Å². The van der Waals surface area contributed by atoms with Gasteiger partial charge in [-0.1, -0.05) is 12.1 Å². The van der Waals surface area contributed by atoms with Crippen LogP contribution in [0.2, 0.25) is 0 Å². The fraction of sp³-hybridized carbons (Fsp3) is 0.200. The Morgan fingerprint density at radius 2 is 2.05 bits per heavy atom. The van der Waals surface area contributed by atoms with Crippen LogP contribution in [0.5, 0.6) is 5.75 Å². The first-order chi connectivity index (χ1) is 9.75. The zero-order valence-electron chi connectivity index (χ0n) is 10.7.